The number of nitrogens with two attached hydrogens (primary N) is 1. The lowest BCUT2D eigenvalue weighted by Gasteiger charge is -2.03. The molecule has 1 heterocycles. The number of hydrogen-bond donors (Lipinski definition) is 1. The normalized spacial score (nSPS) is 11.6. The van der Waals surface area contributed by atoms with E-state index >= 15 is 0 Å². The molecule has 0 radical (unpaired) electrons. The third-order valence-corrected chi connectivity index (χ3v) is 4.38. The Labute approximate surface area is 130 Å². The maximum absolute atomic E-state index is 6.00. The molecule has 4 nitrogen and oxygen atoms in total. The minimum absolute atomic E-state index is 0.655. The standard InChI is InChI=1S/C17H12N4S/c18-13-9-10-14(12-6-2-1-5-11(12)13)20-21-17-19-15-7-3-4-8-16(15)22-17/h1-10H,18H2/b21-20+. The molecule has 106 valence electrons. The smallest absolute Gasteiger partial charge is 0.231 e. The van der Waals surface area contributed by atoms with E-state index in [1.807, 2.05) is 60.7 Å². The number of fused-ring (bicyclic) bond motifs is 2. The van der Waals surface area contributed by atoms with Crippen molar-refractivity contribution < 1.29 is 0 Å². The van der Waals surface area contributed by atoms with Crippen LogP contribution < -0.4 is 5.73 Å². The van der Waals surface area contributed by atoms with Gasteiger partial charge < -0.3 is 5.73 Å². The quantitative estimate of drug-likeness (QED) is 0.395. The highest BCUT2D eigenvalue weighted by atomic mass is 32.1. The van der Waals surface area contributed by atoms with Crippen LogP contribution in [-0.4, -0.2) is 4.98 Å². The van der Waals surface area contributed by atoms with Crippen molar-refractivity contribution in [2.24, 2.45) is 10.2 Å². The highest BCUT2D eigenvalue weighted by molar-refractivity contribution is 7.21. The number of aromatic nitrogens is 1. The molecule has 22 heavy (non-hydrogen) atoms. The monoisotopic (exact) mass is 304 g/mol. The van der Waals surface area contributed by atoms with Gasteiger partial charge in [-0.15, -0.1) is 10.2 Å². The molecule has 0 aliphatic rings. The number of nitrogens with zero attached hydrogens (tertiary/aromatic N) is 3. The van der Waals surface area contributed by atoms with Crippen molar-refractivity contribution in [2.75, 3.05) is 5.73 Å². The fourth-order valence-corrected chi connectivity index (χ4v) is 3.18. The van der Waals surface area contributed by atoms with Gasteiger partial charge >= 0.3 is 0 Å². The van der Waals surface area contributed by atoms with Crippen LogP contribution in [0, 0.1) is 0 Å². The first-order valence-corrected chi connectivity index (χ1v) is 7.67. The fraction of sp³-hybridized carbons (Fsp3) is 0. The van der Waals surface area contributed by atoms with Gasteiger partial charge in [0.15, 0.2) is 0 Å². The minimum Gasteiger partial charge on any atom is -0.398 e. The molecule has 2 N–H and O–H groups in total. The van der Waals surface area contributed by atoms with E-state index in [0.717, 1.165) is 32.4 Å². The molecule has 4 aromatic rings. The Kier molecular flexibility index (Phi) is 3.05. The van der Waals surface area contributed by atoms with Crippen LogP contribution >= 0.6 is 11.3 Å². The molecule has 0 atom stereocenters. The van der Waals surface area contributed by atoms with Gasteiger partial charge in [0, 0.05) is 16.5 Å². The topological polar surface area (TPSA) is 63.6 Å². The zero-order chi connectivity index (χ0) is 14.9. The van der Waals surface area contributed by atoms with Gasteiger partial charge in [-0.3, -0.25) is 0 Å². The highest BCUT2D eigenvalue weighted by Crippen LogP contribution is 2.33. The van der Waals surface area contributed by atoms with Gasteiger partial charge in [0.2, 0.25) is 5.13 Å². The number of para-hydroxylation sites is 1. The zero-order valence-electron chi connectivity index (χ0n) is 11.6. The Morgan fingerprint density at radius 1 is 0.818 bits per heavy atom. The first-order valence-electron chi connectivity index (χ1n) is 6.86. The lowest BCUT2D eigenvalue weighted by molar-refractivity contribution is 1.22. The van der Waals surface area contributed by atoms with Gasteiger partial charge in [-0.25, -0.2) is 4.98 Å². The van der Waals surface area contributed by atoms with E-state index in [4.69, 9.17) is 5.73 Å². The van der Waals surface area contributed by atoms with E-state index in [0.29, 0.717) is 5.13 Å². The van der Waals surface area contributed by atoms with Crippen LogP contribution in [0.15, 0.2) is 70.9 Å². The van der Waals surface area contributed by atoms with E-state index in [9.17, 15) is 0 Å². The van der Waals surface area contributed by atoms with Crippen molar-refractivity contribution in [2.45, 2.75) is 0 Å². The fourth-order valence-electron chi connectivity index (χ4n) is 2.39. The SMILES string of the molecule is Nc1ccc(/N=N/c2nc3ccccc3s2)c2ccccc12. The molecule has 0 aliphatic carbocycles. The van der Waals surface area contributed by atoms with E-state index in [1.165, 1.54) is 11.3 Å². The number of anilines is 1. The summed E-state index contributed by atoms with van der Waals surface area (Å²) >= 11 is 1.53. The second-order valence-corrected chi connectivity index (χ2v) is 5.89. The van der Waals surface area contributed by atoms with Gasteiger partial charge in [0.05, 0.1) is 15.9 Å². The summed E-state index contributed by atoms with van der Waals surface area (Å²) < 4.78 is 1.11. The number of rotatable bonds is 2. The summed E-state index contributed by atoms with van der Waals surface area (Å²) in [6.07, 6.45) is 0. The minimum atomic E-state index is 0.655. The lowest BCUT2D eigenvalue weighted by Crippen LogP contribution is -1.86. The molecule has 4 rings (SSSR count). The van der Waals surface area contributed by atoms with E-state index in [-0.39, 0.29) is 0 Å². The summed E-state index contributed by atoms with van der Waals surface area (Å²) in [5, 5.41) is 11.3. The second kappa shape index (κ2) is 5.20. The largest absolute Gasteiger partial charge is 0.398 e. The first-order chi connectivity index (χ1) is 10.8. The summed E-state index contributed by atoms with van der Waals surface area (Å²) in [6.45, 7) is 0. The Morgan fingerprint density at radius 2 is 1.59 bits per heavy atom. The van der Waals surface area contributed by atoms with Gasteiger partial charge in [0.25, 0.3) is 0 Å². The molecule has 0 saturated carbocycles. The van der Waals surface area contributed by atoms with E-state index in [1.54, 1.807) is 0 Å². The van der Waals surface area contributed by atoms with Crippen molar-refractivity contribution >= 4 is 48.8 Å². The number of azo groups is 1. The molecule has 0 aliphatic heterocycles. The average molecular weight is 304 g/mol. The van der Waals surface area contributed by atoms with E-state index in [2.05, 4.69) is 15.2 Å². The predicted octanol–water partition coefficient (Wildman–Crippen LogP) is 5.45. The van der Waals surface area contributed by atoms with Crippen LogP contribution in [0.25, 0.3) is 21.0 Å². The van der Waals surface area contributed by atoms with Crippen LogP contribution in [-0.2, 0) is 0 Å². The van der Waals surface area contributed by atoms with Gasteiger partial charge in [-0.2, -0.15) is 0 Å². The number of thiazole rings is 1. The third kappa shape index (κ3) is 2.21. The van der Waals surface area contributed by atoms with Gasteiger partial charge in [-0.05, 0) is 24.3 Å². The summed E-state index contributed by atoms with van der Waals surface area (Å²) in [7, 11) is 0. The summed E-state index contributed by atoms with van der Waals surface area (Å²) in [6, 6.07) is 19.6. The van der Waals surface area contributed by atoms with Gasteiger partial charge in [-0.1, -0.05) is 47.7 Å². The zero-order valence-corrected chi connectivity index (χ0v) is 12.4. The molecular formula is C17H12N4S. The Balaban J connectivity index is 1.78. The van der Waals surface area contributed by atoms with E-state index < -0.39 is 0 Å². The van der Waals surface area contributed by atoms with Crippen molar-refractivity contribution in [3.8, 4) is 0 Å². The van der Waals surface area contributed by atoms with Crippen molar-refractivity contribution in [1.82, 2.24) is 4.98 Å². The maximum atomic E-state index is 6.00. The van der Waals surface area contributed by atoms with Crippen molar-refractivity contribution in [3.05, 3.63) is 60.7 Å². The molecule has 0 saturated heterocycles. The lowest BCUT2D eigenvalue weighted by atomic mass is 10.1. The third-order valence-electron chi connectivity index (χ3n) is 3.46. The van der Waals surface area contributed by atoms with Crippen LogP contribution in [0.5, 0.6) is 0 Å². The summed E-state index contributed by atoms with van der Waals surface area (Å²) in [5.74, 6) is 0. The maximum Gasteiger partial charge on any atom is 0.231 e. The molecule has 0 amide bonds. The number of nitrogen functional groups attached to an aromatic ring is 1. The molecule has 0 unspecified atom stereocenters. The molecular weight excluding hydrogens is 292 g/mol. The summed E-state index contributed by atoms with van der Waals surface area (Å²) in [5.41, 5.74) is 8.49. The molecule has 3 aromatic carbocycles. The van der Waals surface area contributed by atoms with Gasteiger partial charge in [0.1, 0.15) is 0 Å². The van der Waals surface area contributed by atoms with Crippen LogP contribution in [0.2, 0.25) is 0 Å². The Bertz CT molecular complexity index is 971. The van der Waals surface area contributed by atoms with Crippen molar-refractivity contribution in [3.63, 3.8) is 0 Å². The highest BCUT2D eigenvalue weighted by Gasteiger charge is 2.04. The molecule has 0 spiro atoms. The molecule has 0 fully saturated rings. The first kappa shape index (κ1) is 12.9. The van der Waals surface area contributed by atoms with Crippen LogP contribution in [0.3, 0.4) is 0 Å². The predicted molar refractivity (Wildman–Crippen MR) is 92.2 cm³/mol. The molecule has 1 aromatic heterocycles. The van der Waals surface area contributed by atoms with Crippen LogP contribution in [0.1, 0.15) is 0 Å². The van der Waals surface area contributed by atoms with Crippen molar-refractivity contribution in [1.29, 1.82) is 0 Å². The van der Waals surface area contributed by atoms with Crippen LogP contribution in [0.4, 0.5) is 16.5 Å². The molecule has 5 heteroatoms. The number of benzene rings is 3. The number of hydrogen-bond acceptors (Lipinski definition) is 5. The summed E-state index contributed by atoms with van der Waals surface area (Å²) in [4.78, 5) is 4.46. The Hall–Kier alpha value is -2.79. The average Bonchev–Trinajstić information content (AvgIpc) is 2.97. The Morgan fingerprint density at radius 3 is 2.45 bits per heavy atom. The second-order valence-electron chi connectivity index (χ2n) is 4.88. The molecule has 0 bridgehead atoms.